The van der Waals surface area contributed by atoms with E-state index in [0.717, 1.165) is 21.0 Å². The van der Waals surface area contributed by atoms with Crippen LogP contribution in [0.2, 0.25) is 0 Å². The van der Waals surface area contributed by atoms with E-state index in [1.807, 2.05) is 52.0 Å². The van der Waals surface area contributed by atoms with Crippen LogP contribution in [0.3, 0.4) is 0 Å². The summed E-state index contributed by atoms with van der Waals surface area (Å²) in [5, 5.41) is 2.81. The van der Waals surface area contributed by atoms with Gasteiger partial charge < -0.3 is 15.0 Å². The third-order valence-electron chi connectivity index (χ3n) is 6.45. The summed E-state index contributed by atoms with van der Waals surface area (Å²) < 4.78 is 34.5. The second-order valence-corrected chi connectivity index (χ2v) is 11.2. The van der Waals surface area contributed by atoms with Crippen LogP contribution in [0.4, 0.5) is 5.69 Å². The molecule has 39 heavy (non-hydrogen) atoms. The predicted octanol–water partition coefficient (Wildman–Crippen LogP) is 4.45. The van der Waals surface area contributed by atoms with Gasteiger partial charge in [0.15, 0.2) is 0 Å². The number of hydrogen-bond donors (Lipinski definition) is 1. The molecule has 1 atom stereocenters. The Kier molecular flexibility index (Phi) is 10.1. The fourth-order valence-corrected chi connectivity index (χ4v) is 5.71. The molecule has 3 aromatic carbocycles. The van der Waals surface area contributed by atoms with Crippen molar-refractivity contribution in [3.63, 3.8) is 0 Å². The van der Waals surface area contributed by atoms with Crippen LogP contribution in [0.1, 0.15) is 37.0 Å². The van der Waals surface area contributed by atoms with E-state index in [2.05, 4.69) is 5.32 Å². The van der Waals surface area contributed by atoms with E-state index < -0.39 is 28.5 Å². The summed E-state index contributed by atoms with van der Waals surface area (Å²) in [5.41, 5.74) is 3.04. The number of benzene rings is 3. The smallest absolute Gasteiger partial charge is 0.264 e. The van der Waals surface area contributed by atoms with Gasteiger partial charge in [0.1, 0.15) is 18.3 Å². The van der Waals surface area contributed by atoms with Crippen molar-refractivity contribution in [2.24, 2.45) is 0 Å². The molecule has 2 amide bonds. The monoisotopic (exact) mass is 551 g/mol. The number of aryl methyl sites for hydroxylation is 2. The van der Waals surface area contributed by atoms with Gasteiger partial charge in [-0.15, -0.1) is 0 Å². The Morgan fingerprint density at radius 2 is 1.49 bits per heavy atom. The van der Waals surface area contributed by atoms with Crippen molar-refractivity contribution in [3.05, 3.63) is 89.5 Å². The first-order valence-corrected chi connectivity index (χ1v) is 14.4. The van der Waals surface area contributed by atoms with Gasteiger partial charge in [0.05, 0.1) is 17.7 Å². The molecule has 0 spiro atoms. The van der Waals surface area contributed by atoms with Crippen molar-refractivity contribution in [3.8, 4) is 5.75 Å². The maximum Gasteiger partial charge on any atom is 0.264 e. The number of rotatable bonds is 12. The normalized spacial score (nSPS) is 11.9. The first-order valence-electron chi connectivity index (χ1n) is 13.0. The number of carbonyl (C=O) groups excluding carboxylic acids is 2. The number of nitrogens with zero attached hydrogens (tertiary/aromatic N) is 2. The van der Waals surface area contributed by atoms with Crippen molar-refractivity contribution in [2.45, 2.75) is 51.6 Å². The minimum Gasteiger partial charge on any atom is -0.495 e. The summed E-state index contributed by atoms with van der Waals surface area (Å²) in [6, 6.07) is 20.0. The molecule has 3 aromatic rings. The van der Waals surface area contributed by atoms with Gasteiger partial charge in [0.25, 0.3) is 10.0 Å². The molecule has 0 aromatic heterocycles. The van der Waals surface area contributed by atoms with E-state index in [4.69, 9.17) is 4.74 Å². The Morgan fingerprint density at radius 1 is 0.897 bits per heavy atom. The van der Waals surface area contributed by atoms with Gasteiger partial charge in [0, 0.05) is 13.1 Å². The zero-order valence-corrected chi connectivity index (χ0v) is 24.0. The van der Waals surface area contributed by atoms with Gasteiger partial charge in [-0.05, 0) is 57.0 Å². The lowest BCUT2D eigenvalue weighted by atomic mass is 10.1. The lowest BCUT2D eigenvalue weighted by Crippen LogP contribution is -2.52. The third-order valence-corrected chi connectivity index (χ3v) is 8.23. The van der Waals surface area contributed by atoms with Crippen molar-refractivity contribution >= 4 is 27.5 Å². The van der Waals surface area contributed by atoms with Crippen LogP contribution in [0.25, 0.3) is 0 Å². The van der Waals surface area contributed by atoms with Gasteiger partial charge >= 0.3 is 0 Å². The van der Waals surface area contributed by atoms with Crippen LogP contribution >= 0.6 is 0 Å². The van der Waals surface area contributed by atoms with Gasteiger partial charge in [-0.1, -0.05) is 66.6 Å². The summed E-state index contributed by atoms with van der Waals surface area (Å²) in [6.07, 6.45) is 0.364. The summed E-state index contributed by atoms with van der Waals surface area (Å²) in [4.78, 5) is 28.6. The Balaban J connectivity index is 2.09. The number of amides is 2. The summed E-state index contributed by atoms with van der Waals surface area (Å²) >= 11 is 0. The number of hydrogen-bond acceptors (Lipinski definition) is 5. The molecule has 3 rings (SSSR count). The molecule has 0 heterocycles. The van der Waals surface area contributed by atoms with E-state index in [9.17, 15) is 18.0 Å². The highest BCUT2D eigenvalue weighted by atomic mass is 32.2. The highest BCUT2D eigenvalue weighted by molar-refractivity contribution is 7.92. The van der Waals surface area contributed by atoms with E-state index in [0.29, 0.717) is 18.7 Å². The van der Waals surface area contributed by atoms with Crippen LogP contribution in [-0.2, 0) is 26.2 Å². The summed E-state index contributed by atoms with van der Waals surface area (Å²) in [6.45, 7) is 7.53. The molecule has 0 fully saturated rings. The summed E-state index contributed by atoms with van der Waals surface area (Å²) in [7, 11) is -2.72. The standard InChI is InChI=1S/C30H37N3O5S/c1-6-26(30(35)31-7-2)32(20-24-16-12-22(3)13-17-24)29(34)21-33(27-10-8-9-11-28(27)38-5)39(36,37)25-18-14-23(4)15-19-25/h8-19,26H,6-7,20-21H2,1-5H3,(H,31,35). The maximum absolute atomic E-state index is 14.0. The van der Waals surface area contributed by atoms with E-state index in [1.54, 1.807) is 36.4 Å². The molecule has 0 saturated heterocycles. The molecule has 1 unspecified atom stereocenters. The van der Waals surface area contributed by atoms with Crippen LogP contribution in [0.5, 0.6) is 5.75 Å². The van der Waals surface area contributed by atoms with Crippen LogP contribution in [0, 0.1) is 13.8 Å². The van der Waals surface area contributed by atoms with Crippen molar-refractivity contribution in [2.75, 3.05) is 24.5 Å². The largest absolute Gasteiger partial charge is 0.495 e. The number of anilines is 1. The first-order chi connectivity index (χ1) is 18.6. The van der Waals surface area contributed by atoms with Gasteiger partial charge in [-0.25, -0.2) is 8.42 Å². The average molecular weight is 552 g/mol. The molecule has 0 aliphatic heterocycles. The topological polar surface area (TPSA) is 96.0 Å². The summed E-state index contributed by atoms with van der Waals surface area (Å²) in [5.74, 6) is -0.484. The number of nitrogens with one attached hydrogen (secondary N) is 1. The fourth-order valence-electron chi connectivity index (χ4n) is 4.29. The Morgan fingerprint density at radius 3 is 2.05 bits per heavy atom. The second-order valence-electron chi connectivity index (χ2n) is 9.32. The molecular weight excluding hydrogens is 514 g/mol. The maximum atomic E-state index is 14.0. The number of likely N-dealkylation sites (N-methyl/N-ethyl adjacent to an activating group) is 1. The predicted molar refractivity (Wildman–Crippen MR) is 153 cm³/mol. The molecule has 0 radical (unpaired) electrons. The minimum atomic E-state index is -4.17. The number of carbonyl (C=O) groups is 2. The number of para-hydroxylation sites is 2. The first kappa shape index (κ1) is 29.7. The Hall–Kier alpha value is -3.85. The fraction of sp³-hybridized carbons (Fsp3) is 0.333. The van der Waals surface area contributed by atoms with Gasteiger partial charge in [0.2, 0.25) is 11.8 Å². The van der Waals surface area contributed by atoms with Crippen LogP contribution < -0.4 is 14.4 Å². The zero-order valence-electron chi connectivity index (χ0n) is 23.2. The van der Waals surface area contributed by atoms with Crippen molar-refractivity contribution < 1.29 is 22.7 Å². The molecule has 1 N–H and O–H groups in total. The highest BCUT2D eigenvalue weighted by Gasteiger charge is 2.34. The molecule has 8 nitrogen and oxygen atoms in total. The van der Waals surface area contributed by atoms with Gasteiger partial charge in [-0.2, -0.15) is 0 Å². The number of ether oxygens (including phenoxy) is 1. The zero-order chi connectivity index (χ0) is 28.6. The van der Waals surface area contributed by atoms with Crippen molar-refractivity contribution in [1.82, 2.24) is 10.2 Å². The number of sulfonamides is 1. The quantitative estimate of drug-likeness (QED) is 0.359. The molecule has 0 saturated carbocycles. The lowest BCUT2D eigenvalue weighted by molar-refractivity contribution is -0.140. The molecule has 0 bridgehead atoms. The molecule has 0 aliphatic rings. The molecular formula is C30H37N3O5S. The third kappa shape index (κ3) is 7.17. The van der Waals surface area contributed by atoms with Gasteiger partial charge in [-0.3, -0.25) is 13.9 Å². The molecule has 9 heteroatoms. The highest BCUT2D eigenvalue weighted by Crippen LogP contribution is 2.32. The minimum absolute atomic E-state index is 0.0488. The van der Waals surface area contributed by atoms with Crippen LogP contribution in [-0.4, -0.2) is 51.4 Å². The molecule has 0 aliphatic carbocycles. The van der Waals surface area contributed by atoms with Crippen LogP contribution in [0.15, 0.2) is 77.7 Å². The number of methoxy groups -OCH3 is 1. The molecule has 208 valence electrons. The van der Waals surface area contributed by atoms with Crippen molar-refractivity contribution in [1.29, 1.82) is 0 Å². The Bertz CT molecular complexity index is 1370. The average Bonchev–Trinajstić information content (AvgIpc) is 2.93. The van der Waals surface area contributed by atoms with E-state index in [-0.39, 0.29) is 23.0 Å². The SMILES string of the molecule is CCNC(=O)C(CC)N(Cc1ccc(C)cc1)C(=O)CN(c1ccccc1OC)S(=O)(=O)c1ccc(C)cc1. The van der Waals surface area contributed by atoms with E-state index in [1.165, 1.54) is 24.1 Å². The second kappa shape index (κ2) is 13.3. The van der Waals surface area contributed by atoms with E-state index >= 15 is 0 Å². The Labute approximate surface area is 231 Å². The lowest BCUT2D eigenvalue weighted by Gasteiger charge is -2.33.